The summed E-state index contributed by atoms with van der Waals surface area (Å²) < 4.78 is 16.3. The molecule has 6 heteroatoms. The summed E-state index contributed by atoms with van der Waals surface area (Å²) in [5, 5.41) is 6.83. The van der Waals surface area contributed by atoms with E-state index in [1.807, 2.05) is 12.1 Å². The van der Waals surface area contributed by atoms with Crippen molar-refractivity contribution < 1.29 is 14.2 Å². The van der Waals surface area contributed by atoms with Crippen LogP contribution >= 0.6 is 0 Å². The number of rotatable bonds is 9. The number of nitrogens with zero attached hydrogens (tertiary/aromatic N) is 1. The van der Waals surface area contributed by atoms with Gasteiger partial charge in [-0.1, -0.05) is 26.8 Å². The van der Waals surface area contributed by atoms with Gasteiger partial charge in [-0.2, -0.15) is 0 Å². The van der Waals surface area contributed by atoms with E-state index < -0.39 is 0 Å². The Bertz CT molecular complexity index is 609. The van der Waals surface area contributed by atoms with E-state index in [4.69, 9.17) is 14.2 Å². The van der Waals surface area contributed by atoms with Gasteiger partial charge in [-0.05, 0) is 37.7 Å². The van der Waals surface area contributed by atoms with Gasteiger partial charge in [0.25, 0.3) is 0 Å². The van der Waals surface area contributed by atoms with E-state index in [1.165, 1.54) is 6.42 Å². The Labute approximate surface area is 164 Å². The standard InChI is InChI=1S/C21H37N3O3/c1-15(11-13-21(2,3)4)24-20(22-5)23-14-12-16-9-10-17(25-6)19(27-8)18(16)26-7/h9-10,15H,11-14H2,1-8H3,(H2,22,23,24). The van der Waals surface area contributed by atoms with Gasteiger partial charge in [-0.15, -0.1) is 0 Å². The second kappa shape index (κ2) is 10.9. The summed E-state index contributed by atoms with van der Waals surface area (Å²) in [6.07, 6.45) is 3.05. The van der Waals surface area contributed by atoms with E-state index in [9.17, 15) is 0 Å². The van der Waals surface area contributed by atoms with Gasteiger partial charge in [0, 0.05) is 25.2 Å². The van der Waals surface area contributed by atoms with Crippen LogP contribution in [0, 0.1) is 5.41 Å². The SMILES string of the molecule is CN=C(NCCc1ccc(OC)c(OC)c1OC)NC(C)CCC(C)(C)C. The molecule has 0 aliphatic rings. The summed E-state index contributed by atoms with van der Waals surface area (Å²) in [7, 11) is 6.68. The summed E-state index contributed by atoms with van der Waals surface area (Å²) in [6.45, 7) is 9.73. The number of benzene rings is 1. The number of aliphatic imine (C=N–C) groups is 1. The number of methoxy groups -OCH3 is 3. The maximum atomic E-state index is 5.54. The van der Waals surface area contributed by atoms with Crippen molar-refractivity contribution in [1.29, 1.82) is 0 Å². The third-order valence-electron chi connectivity index (χ3n) is 4.41. The Balaban J connectivity index is 2.63. The zero-order valence-electron chi connectivity index (χ0n) is 18.2. The predicted molar refractivity (Wildman–Crippen MR) is 112 cm³/mol. The molecular weight excluding hydrogens is 342 g/mol. The molecule has 2 N–H and O–H groups in total. The van der Waals surface area contributed by atoms with Crippen LogP contribution in [0.3, 0.4) is 0 Å². The average Bonchev–Trinajstić information content (AvgIpc) is 2.64. The molecule has 1 atom stereocenters. The van der Waals surface area contributed by atoms with Gasteiger partial charge in [-0.25, -0.2) is 0 Å². The minimum Gasteiger partial charge on any atom is -0.493 e. The molecule has 1 aromatic carbocycles. The lowest BCUT2D eigenvalue weighted by Crippen LogP contribution is -2.43. The highest BCUT2D eigenvalue weighted by atomic mass is 16.5. The summed E-state index contributed by atoms with van der Waals surface area (Å²) in [5.41, 5.74) is 1.40. The molecule has 0 fully saturated rings. The van der Waals surface area contributed by atoms with Crippen LogP contribution in [0.5, 0.6) is 17.2 Å². The van der Waals surface area contributed by atoms with Gasteiger partial charge in [-0.3, -0.25) is 4.99 Å². The lowest BCUT2D eigenvalue weighted by molar-refractivity contribution is 0.322. The van der Waals surface area contributed by atoms with E-state index in [2.05, 4.69) is 43.3 Å². The fourth-order valence-corrected chi connectivity index (χ4v) is 2.83. The van der Waals surface area contributed by atoms with Crippen molar-refractivity contribution in [3.63, 3.8) is 0 Å². The van der Waals surface area contributed by atoms with Crippen LogP contribution in [0.1, 0.15) is 46.1 Å². The monoisotopic (exact) mass is 379 g/mol. The third-order valence-corrected chi connectivity index (χ3v) is 4.41. The van der Waals surface area contributed by atoms with Crippen LogP contribution in [0.4, 0.5) is 0 Å². The molecule has 27 heavy (non-hydrogen) atoms. The van der Waals surface area contributed by atoms with Crippen molar-refractivity contribution in [2.24, 2.45) is 10.4 Å². The first-order valence-corrected chi connectivity index (χ1v) is 9.50. The van der Waals surface area contributed by atoms with E-state index >= 15 is 0 Å². The van der Waals surface area contributed by atoms with E-state index in [-0.39, 0.29) is 0 Å². The van der Waals surface area contributed by atoms with E-state index in [0.29, 0.717) is 28.7 Å². The molecule has 0 heterocycles. The molecule has 1 rings (SSSR count). The Morgan fingerprint density at radius 3 is 2.26 bits per heavy atom. The number of guanidine groups is 1. The van der Waals surface area contributed by atoms with Crippen molar-refractivity contribution in [1.82, 2.24) is 10.6 Å². The first kappa shape index (κ1) is 22.9. The number of hydrogen-bond acceptors (Lipinski definition) is 4. The van der Waals surface area contributed by atoms with Crippen LogP contribution in [0.25, 0.3) is 0 Å². The molecular formula is C21H37N3O3. The van der Waals surface area contributed by atoms with Gasteiger partial charge >= 0.3 is 0 Å². The minimum absolute atomic E-state index is 0.344. The smallest absolute Gasteiger partial charge is 0.203 e. The maximum absolute atomic E-state index is 5.54. The van der Waals surface area contributed by atoms with Crippen LogP contribution in [-0.4, -0.2) is 46.9 Å². The number of nitrogens with one attached hydrogen (secondary N) is 2. The summed E-state index contributed by atoms with van der Waals surface area (Å²) in [5.74, 6) is 2.81. The molecule has 0 aliphatic heterocycles. The highest BCUT2D eigenvalue weighted by Gasteiger charge is 2.16. The Hall–Kier alpha value is -2.11. The molecule has 0 spiro atoms. The van der Waals surface area contributed by atoms with Gasteiger partial charge in [0.2, 0.25) is 5.75 Å². The van der Waals surface area contributed by atoms with Crippen molar-refractivity contribution in [3.05, 3.63) is 17.7 Å². The lowest BCUT2D eigenvalue weighted by atomic mass is 9.89. The van der Waals surface area contributed by atoms with Crippen LogP contribution < -0.4 is 24.8 Å². The molecule has 0 aliphatic carbocycles. The van der Waals surface area contributed by atoms with Crippen LogP contribution in [0.15, 0.2) is 17.1 Å². The first-order chi connectivity index (χ1) is 12.8. The highest BCUT2D eigenvalue weighted by Crippen LogP contribution is 2.39. The van der Waals surface area contributed by atoms with Gasteiger partial charge < -0.3 is 24.8 Å². The van der Waals surface area contributed by atoms with E-state index in [1.54, 1.807) is 28.4 Å². The topological polar surface area (TPSA) is 64.1 Å². The second-order valence-electron chi connectivity index (χ2n) is 7.89. The average molecular weight is 380 g/mol. The molecule has 0 radical (unpaired) electrons. The van der Waals surface area contributed by atoms with E-state index in [0.717, 1.165) is 30.9 Å². The second-order valence-corrected chi connectivity index (χ2v) is 7.89. The Morgan fingerprint density at radius 2 is 1.74 bits per heavy atom. The van der Waals surface area contributed by atoms with Crippen molar-refractivity contribution in [2.75, 3.05) is 34.9 Å². The lowest BCUT2D eigenvalue weighted by Gasteiger charge is -2.23. The maximum Gasteiger partial charge on any atom is 0.203 e. The fraction of sp³-hybridized carbons (Fsp3) is 0.667. The Kier molecular flexibility index (Phi) is 9.26. The van der Waals surface area contributed by atoms with Crippen molar-refractivity contribution >= 4 is 5.96 Å². The zero-order valence-corrected chi connectivity index (χ0v) is 18.2. The zero-order chi connectivity index (χ0) is 20.4. The van der Waals surface area contributed by atoms with Gasteiger partial charge in [0.05, 0.1) is 21.3 Å². The molecule has 1 unspecified atom stereocenters. The fourth-order valence-electron chi connectivity index (χ4n) is 2.83. The minimum atomic E-state index is 0.344. The summed E-state index contributed by atoms with van der Waals surface area (Å²) in [4.78, 5) is 4.33. The third kappa shape index (κ3) is 7.57. The van der Waals surface area contributed by atoms with Gasteiger partial charge in [0.15, 0.2) is 17.5 Å². The molecule has 0 saturated carbocycles. The molecule has 0 aromatic heterocycles. The molecule has 0 bridgehead atoms. The molecule has 0 amide bonds. The van der Waals surface area contributed by atoms with Crippen molar-refractivity contribution in [2.45, 2.75) is 53.0 Å². The normalized spacial score (nSPS) is 13.1. The molecule has 1 aromatic rings. The Morgan fingerprint density at radius 1 is 1.07 bits per heavy atom. The number of hydrogen-bond donors (Lipinski definition) is 2. The first-order valence-electron chi connectivity index (χ1n) is 9.50. The molecule has 6 nitrogen and oxygen atoms in total. The predicted octanol–water partition coefficient (Wildman–Crippen LogP) is 3.63. The van der Waals surface area contributed by atoms with Crippen LogP contribution in [0.2, 0.25) is 0 Å². The van der Waals surface area contributed by atoms with Crippen LogP contribution in [-0.2, 0) is 6.42 Å². The quantitative estimate of drug-likeness (QED) is 0.507. The number of ether oxygens (including phenoxy) is 3. The summed E-state index contributed by atoms with van der Waals surface area (Å²) >= 11 is 0. The largest absolute Gasteiger partial charge is 0.493 e. The summed E-state index contributed by atoms with van der Waals surface area (Å²) in [6, 6.07) is 4.27. The van der Waals surface area contributed by atoms with Gasteiger partial charge in [0.1, 0.15) is 0 Å². The highest BCUT2D eigenvalue weighted by molar-refractivity contribution is 5.79. The van der Waals surface area contributed by atoms with Crippen molar-refractivity contribution in [3.8, 4) is 17.2 Å². The molecule has 0 saturated heterocycles. The molecule has 154 valence electrons.